The first kappa shape index (κ1) is 14.5. The third-order valence-electron chi connectivity index (χ3n) is 2.56. The molecule has 1 atom stereocenters. The highest BCUT2D eigenvalue weighted by Crippen LogP contribution is 2.08. The third kappa shape index (κ3) is 11.4. The van der Waals surface area contributed by atoms with Crippen molar-refractivity contribution in [1.29, 1.82) is 5.26 Å². The lowest BCUT2D eigenvalue weighted by Gasteiger charge is -2.06. The Bertz CT molecular complexity index is 170. The molecule has 88 valence electrons. The zero-order valence-electron chi connectivity index (χ0n) is 10.6. The Morgan fingerprint density at radius 3 is 2.33 bits per heavy atom. The maximum Gasteiger partial charge on any atom is 0.0666 e. The summed E-state index contributed by atoms with van der Waals surface area (Å²) in [6, 6.07) is 2.23. The molecule has 0 rings (SSSR count). The molecular formula is C13H26N2. The topological polar surface area (TPSA) is 35.8 Å². The highest BCUT2D eigenvalue weighted by molar-refractivity contribution is 4.79. The van der Waals surface area contributed by atoms with Crippen molar-refractivity contribution in [2.75, 3.05) is 13.1 Å². The van der Waals surface area contributed by atoms with Crippen molar-refractivity contribution in [3.05, 3.63) is 0 Å². The number of nitrogens with one attached hydrogen (secondary N) is 1. The fraction of sp³-hybridized carbons (Fsp3) is 0.923. The molecule has 0 saturated heterocycles. The van der Waals surface area contributed by atoms with Crippen molar-refractivity contribution in [1.82, 2.24) is 5.32 Å². The number of nitrogens with zero attached hydrogens (tertiary/aromatic N) is 1. The molecule has 0 aliphatic rings. The standard InChI is InChI=1S/C13H26N2/c1-12(2)8-6-4-5-7-9-15-11-13(3)10-14/h12-13,15H,4-9,11H2,1-3H3. The van der Waals surface area contributed by atoms with Crippen molar-refractivity contribution in [3.8, 4) is 6.07 Å². The molecule has 0 spiro atoms. The van der Waals surface area contributed by atoms with Crippen molar-refractivity contribution in [2.24, 2.45) is 11.8 Å². The van der Waals surface area contributed by atoms with Gasteiger partial charge in [0.25, 0.3) is 0 Å². The Kier molecular flexibility index (Phi) is 9.62. The van der Waals surface area contributed by atoms with Gasteiger partial charge >= 0.3 is 0 Å². The van der Waals surface area contributed by atoms with Crippen LogP contribution in [0.2, 0.25) is 0 Å². The molecule has 2 nitrogen and oxygen atoms in total. The molecular weight excluding hydrogens is 184 g/mol. The number of rotatable bonds is 9. The molecule has 0 aromatic heterocycles. The first-order valence-corrected chi connectivity index (χ1v) is 6.27. The van der Waals surface area contributed by atoms with Gasteiger partial charge in [-0.15, -0.1) is 0 Å². The predicted octanol–water partition coefficient (Wildman–Crippen LogP) is 3.34. The summed E-state index contributed by atoms with van der Waals surface area (Å²) in [7, 11) is 0. The van der Waals surface area contributed by atoms with Gasteiger partial charge < -0.3 is 5.32 Å². The van der Waals surface area contributed by atoms with Crippen LogP contribution in [0.1, 0.15) is 52.9 Å². The van der Waals surface area contributed by atoms with Crippen LogP contribution in [-0.2, 0) is 0 Å². The molecule has 0 radical (unpaired) electrons. The van der Waals surface area contributed by atoms with Crippen molar-refractivity contribution < 1.29 is 0 Å². The van der Waals surface area contributed by atoms with Crippen LogP contribution in [-0.4, -0.2) is 13.1 Å². The summed E-state index contributed by atoms with van der Waals surface area (Å²) in [6.07, 6.45) is 6.65. The van der Waals surface area contributed by atoms with E-state index in [9.17, 15) is 0 Å². The number of hydrogen-bond donors (Lipinski definition) is 1. The van der Waals surface area contributed by atoms with E-state index in [1.54, 1.807) is 0 Å². The van der Waals surface area contributed by atoms with E-state index in [4.69, 9.17) is 5.26 Å². The minimum absolute atomic E-state index is 0.144. The zero-order chi connectivity index (χ0) is 11.5. The van der Waals surface area contributed by atoms with Crippen LogP contribution in [0, 0.1) is 23.2 Å². The number of hydrogen-bond acceptors (Lipinski definition) is 2. The third-order valence-corrected chi connectivity index (χ3v) is 2.56. The summed E-state index contributed by atoms with van der Waals surface area (Å²) in [5.74, 6) is 0.991. The van der Waals surface area contributed by atoms with Gasteiger partial charge in [0.05, 0.1) is 12.0 Å². The molecule has 0 aromatic carbocycles. The minimum Gasteiger partial charge on any atom is -0.315 e. The van der Waals surface area contributed by atoms with Gasteiger partial charge in [-0.05, 0) is 25.8 Å². The van der Waals surface area contributed by atoms with Crippen LogP contribution in [0.3, 0.4) is 0 Å². The van der Waals surface area contributed by atoms with Gasteiger partial charge in [0.15, 0.2) is 0 Å². The van der Waals surface area contributed by atoms with Crippen LogP contribution >= 0.6 is 0 Å². The highest BCUT2D eigenvalue weighted by Gasteiger charge is 1.97. The second-order valence-corrected chi connectivity index (χ2v) is 4.83. The van der Waals surface area contributed by atoms with Gasteiger partial charge in [-0.2, -0.15) is 5.26 Å². The van der Waals surface area contributed by atoms with Gasteiger partial charge in [-0.25, -0.2) is 0 Å². The van der Waals surface area contributed by atoms with Gasteiger partial charge in [0.2, 0.25) is 0 Å². The normalized spacial score (nSPS) is 12.7. The lowest BCUT2D eigenvalue weighted by Crippen LogP contribution is -2.21. The molecule has 1 N–H and O–H groups in total. The fourth-order valence-electron chi connectivity index (χ4n) is 1.52. The van der Waals surface area contributed by atoms with E-state index in [1.807, 2.05) is 6.92 Å². The second-order valence-electron chi connectivity index (χ2n) is 4.83. The van der Waals surface area contributed by atoms with Crippen molar-refractivity contribution in [2.45, 2.75) is 52.9 Å². The molecule has 1 unspecified atom stereocenters. The Labute approximate surface area is 95.1 Å². The summed E-state index contributed by atoms with van der Waals surface area (Å²) >= 11 is 0. The van der Waals surface area contributed by atoms with E-state index in [1.165, 1.54) is 32.1 Å². The number of nitriles is 1. The molecule has 0 aromatic rings. The maximum absolute atomic E-state index is 8.57. The molecule has 0 aliphatic heterocycles. The average molecular weight is 210 g/mol. The van der Waals surface area contributed by atoms with E-state index >= 15 is 0 Å². The van der Waals surface area contributed by atoms with E-state index < -0.39 is 0 Å². The SMILES string of the molecule is CC(C)CCCCCCNCC(C)C#N. The molecule has 0 aliphatic carbocycles. The van der Waals surface area contributed by atoms with Gasteiger partial charge in [0.1, 0.15) is 0 Å². The summed E-state index contributed by atoms with van der Waals surface area (Å²) in [4.78, 5) is 0. The van der Waals surface area contributed by atoms with E-state index in [-0.39, 0.29) is 5.92 Å². The summed E-state index contributed by atoms with van der Waals surface area (Å²) in [5.41, 5.74) is 0. The maximum atomic E-state index is 8.57. The Morgan fingerprint density at radius 2 is 1.73 bits per heavy atom. The minimum atomic E-state index is 0.144. The molecule has 0 saturated carbocycles. The van der Waals surface area contributed by atoms with Crippen LogP contribution in [0.15, 0.2) is 0 Å². The molecule has 0 amide bonds. The molecule has 2 heteroatoms. The summed E-state index contributed by atoms with van der Waals surface area (Å²) < 4.78 is 0. The van der Waals surface area contributed by atoms with Gasteiger partial charge in [-0.3, -0.25) is 0 Å². The molecule has 0 fully saturated rings. The smallest absolute Gasteiger partial charge is 0.0666 e. The summed E-state index contributed by atoms with van der Waals surface area (Å²) in [6.45, 7) is 8.42. The fourth-order valence-corrected chi connectivity index (χ4v) is 1.52. The van der Waals surface area contributed by atoms with Crippen molar-refractivity contribution >= 4 is 0 Å². The van der Waals surface area contributed by atoms with Gasteiger partial charge in [-0.1, -0.05) is 39.5 Å². The Hall–Kier alpha value is -0.550. The second kappa shape index (κ2) is 9.98. The van der Waals surface area contributed by atoms with Crippen LogP contribution in [0.25, 0.3) is 0 Å². The van der Waals surface area contributed by atoms with E-state index in [2.05, 4.69) is 25.2 Å². The van der Waals surface area contributed by atoms with E-state index in [0.717, 1.165) is 19.0 Å². The Balaban J connectivity index is 3.03. The molecule has 0 bridgehead atoms. The number of unbranched alkanes of at least 4 members (excludes halogenated alkanes) is 3. The molecule has 15 heavy (non-hydrogen) atoms. The predicted molar refractivity (Wildman–Crippen MR) is 65.6 cm³/mol. The van der Waals surface area contributed by atoms with Crippen LogP contribution in [0.4, 0.5) is 0 Å². The first-order valence-electron chi connectivity index (χ1n) is 6.27. The summed E-state index contributed by atoms with van der Waals surface area (Å²) in [5, 5.41) is 11.9. The van der Waals surface area contributed by atoms with Crippen LogP contribution in [0.5, 0.6) is 0 Å². The average Bonchev–Trinajstić information content (AvgIpc) is 2.21. The lowest BCUT2D eigenvalue weighted by atomic mass is 10.0. The quantitative estimate of drug-likeness (QED) is 0.592. The highest BCUT2D eigenvalue weighted by atomic mass is 14.8. The van der Waals surface area contributed by atoms with E-state index in [0.29, 0.717) is 0 Å². The lowest BCUT2D eigenvalue weighted by molar-refractivity contribution is 0.507. The van der Waals surface area contributed by atoms with Crippen LogP contribution < -0.4 is 5.32 Å². The Morgan fingerprint density at radius 1 is 1.07 bits per heavy atom. The van der Waals surface area contributed by atoms with Gasteiger partial charge in [0, 0.05) is 6.54 Å². The van der Waals surface area contributed by atoms with Crippen molar-refractivity contribution in [3.63, 3.8) is 0 Å². The molecule has 0 heterocycles. The first-order chi connectivity index (χ1) is 7.16. The zero-order valence-corrected chi connectivity index (χ0v) is 10.6. The monoisotopic (exact) mass is 210 g/mol. The largest absolute Gasteiger partial charge is 0.315 e.